The van der Waals surface area contributed by atoms with Crippen molar-refractivity contribution >= 4 is 40.1 Å². The second-order valence-electron chi connectivity index (χ2n) is 11.0. The van der Waals surface area contributed by atoms with E-state index in [1.165, 1.54) is 11.1 Å². The van der Waals surface area contributed by atoms with Crippen LogP contribution in [-0.2, 0) is 0 Å². The number of carbonyl (C=O) groups is 2. The summed E-state index contributed by atoms with van der Waals surface area (Å²) in [5.41, 5.74) is 2.00. The van der Waals surface area contributed by atoms with Gasteiger partial charge in [-0.3, -0.25) is 19.3 Å². The molecule has 2 aromatic carbocycles. The van der Waals surface area contributed by atoms with Gasteiger partial charge in [0.15, 0.2) is 17.4 Å². The molecule has 230 valence electrons. The summed E-state index contributed by atoms with van der Waals surface area (Å²) < 4.78 is 33.2. The molecule has 2 amide bonds. The standard InChI is InChI=1S/C30H29ClF2N6O5/c1-14-22-17(29(42)39(30(22)43)15-6-9-38(2)10-7-15)11-21-25(14)37-27(36-21)23-20(5-8-34-28(23)41)35-12-16(40)13-44-26-19(32)4-3-18(31)24(26)33/h3-5,8,11,15-16,40H,6-7,9-10,12-13H2,1-2H3,(H,36,37)(H2,34,35,41)/t16-/m1/s1. The molecule has 2 aromatic heterocycles. The molecule has 14 heteroatoms. The van der Waals surface area contributed by atoms with Crippen LogP contribution >= 0.6 is 11.6 Å². The molecule has 0 spiro atoms. The number of fused-ring (bicyclic) bond motifs is 2. The molecule has 1 atom stereocenters. The third kappa shape index (κ3) is 5.20. The molecule has 4 N–H and O–H groups in total. The maximum atomic E-state index is 14.1. The van der Waals surface area contributed by atoms with Gasteiger partial charge in [0.2, 0.25) is 0 Å². The molecule has 0 aliphatic carbocycles. The lowest BCUT2D eigenvalue weighted by molar-refractivity contribution is 0.0516. The number of nitrogens with one attached hydrogen (secondary N) is 3. The van der Waals surface area contributed by atoms with Crippen LogP contribution < -0.4 is 15.6 Å². The minimum atomic E-state index is -1.23. The largest absolute Gasteiger partial charge is 0.485 e. The Morgan fingerprint density at radius 1 is 1.16 bits per heavy atom. The third-order valence-electron chi connectivity index (χ3n) is 8.10. The number of halogens is 3. The minimum absolute atomic E-state index is 0.119. The van der Waals surface area contributed by atoms with E-state index in [0.717, 1.165) is 25.2 Å². The number of imidazole rings is 1. The van der Waals surface area contributed by atoms with Crippen LogP contribution in [0.15, 0.2) is 35.3 Å². The zero-order chi connectivity index (χ0) is 31.3. The maximum absolute atomic E-state index is 14.1. The molecular weight excluding hydrogens is 598 g/mol. The summed E-state index contributed by atoms with van der Waals surface area (Å²) in [7, 11) is 2.01. The van der Waals surface area contributed by atoms with E-state index in [1.54, 1.807) is 19.1 Å². The molecule has 2 aliphatic heterocycles. The van der Waals surface area contributed by atoms with E-state index in [1.807, 2.05) is 7.05 Å². The lowest BCUT2D eigenvalue weighted by Gasteiger charge is -2.33. The topological polar surface area (TPSA) is 144 Å². The molecule has 0 saturated carbocycles. The van der Waals surface area contributed by atoms with Crippen LogP contribution in [0, 0.1) is 18.6 Å². The Labute approximate surface area is 254 Å². The van der Waals surface area contributed by atoms with Gasteiger partial charge in [-0.2, -0.15) is 0 Å². The number of amides is 2. The van der Waals surface area contributed by atoms with Gasteiger partial charge < -0.3 is 30.0 Å². The summed E-state index contributed by atoms with van der Waals surface area (Å²) in [5.74, 6) is -3.24. The number of rotatable bonds is 8. The highest BCUT2D eigenvalue weighted by Crippen LogP contribution is 2.35. The van der Waals surface area contributed by atoms with Crippen LogP contribution in [-0.4, -0.2) is 87.1 Å². The Morgan fingerprint density at radius 2 is 1.91 bits per heavy atom. The zero-order valence-corrected chi connectivity index (χ0v) is 24.6. The summed E-state index contributed by atoms with van der Waals surface area (Å²) in [6.45, 7) is 2.71. The van der Waals surface area contributed by atoms with Gasteiger partial charge in [0.1, 0.15) is 24.1 Å². The highest BCUT2D eigenvalue weighted by Gasteiger charge is 2.42. The molecule has 0 unspecified atom stereocenters. The number of likely N-dealkylation sites (tertiary alicyclic amines) is 1. The molecule has 2 aliphatic rings. The molecular formula is C30H29ClF2N6O5. The predicted octanol–water partition coefficient (Wildman–Crippen LogP) is 3.70. The second kappa shape index (κ2) is 11.6. The molecule has 0 radical (unpaired) electrons. The van der Waals surface area contributed by atoms with Crippen molar-refractivity contribution in [2.24, 2.45) is 0 Å². The number of ether oxygens (including phenoxy) is 1. The quantitative estimate of drug-likeness (QED) is 0.171. The highest BCUT2D eigenvalue weighted by atomic mass is 35.5. The van der Waals surface area contributed by atoms with Crippen LogP contribution in [0.3, 0.4) is 0 Å². The van der Waals surface area contributed by atoms with Crippen molar-refractivity contribution in [3.63, 3.8) is 0 Å². The Balaban J connectivity index is 1.24. The van der Waals surface area contributed by atoms with Crippen molar-refractivity contribution < 1.29 is 28.2 Å². The van der Waals surface area contributed by atoms with Crippen molar-refractivity contribution in [2.45, 2.75) is 31.9 Å². The van der Waals surface area contributed by atoms with E-state index in [2.05, 4.69) is 25.2 Å². The van der Waals surface area contributed by atoms with Crippen LogP contribution in [0.2, 0.25) is 5.02 Å². The number of H-pyrrole nitrogens is 2. The summed E-state index contributed by atoms with van der Waals surface area (Å²) >= 11 is 5.68. The number of hydrogen-bond acceptors (Lipinski definition) is 8. The molecule has 0 bridgehead atoms. The molecule has 4 aromatic rings. The Kier molecular flexibility index (Phi) is 7.86. The van der Waals surface area contributed by atoms with Gasteiger partial charge in [-0.05, 0) is 69.7 Å². The van der Waals surface area contributed by atoms with E-state index in [0.29, 0.717) is 46.3 Å². The number of aliphatic hydroxyl groups excluding tert-OH is 1. The van der Waals surface area contributed by atoms with Gasteiger partial charge in [-0.1, -0.05) is 11.6 Å². The number of pyridine rings is 1. The number of aromatic amines is 2. The van der Waals surface area contributed by atoms with Crippen LogP contribution in [0.1, 0.15) is 39.1 Å². The number of aryl methyl sites for hydroxylation is 1. The van der Waals surface area contributed by atoms with Crippen LogP contribution in [0.25, 0.3) is 22.4 Å². The summed E-state index contributed by atoms with van der Waals surface area (Å²) in [5, 5.41) is 13.1. The van der Waals surface area contributed by atoms with Gasteiger partial charge in [-0.15, -0.1) is 0 Å². The molecule has 1 saturated heterocycles. The molecule has 4 heterocycles. The first-order chi connectivity index (χ1) is 21.0. The average molecular weight is 627 g/mol. The summed E-state index contributed by atoms with van der Waals surface area (Å²) in [4.78, 5) is 53.7. The van der Waals surface area contributed by atoms with Crippen molar-refractivity contribution in [1.82, 2.24) is 24.8 Å². The van der Waals surface area contributed by atoms with Gasteiger partial charge in [0, 0.05) is 18.8 Å². The minimum Gasteiger partial charge on any atom is -0.485 e. The number of anilines is 1. The Bertz CT molecular complexity index is 1850. The smallest absolute Gasteiger partial charge is 0.262 e. The Morgan fingerprint density at radius 3 is 2.66 bits per heavy atom. The zero-order valence-electron chi connectivity index (χ0n) is 23.8. The first-order valence-electron chi connectivity index (χ1n) is 14.0. The second-order valence-corrected chi connectivity index (χ2v) is 11.4. The van der Waals surface area contributed by atoms with E-state index in [4.69, 9.17) is 16.3 Å². The molecule has 1 fully saturated rings. The van der Waals surface area contributed by atoms with Crippen molar-refractivity contribution in [2.75, 3.05) is 38.6 Å². The van der Waals surface area contributed by atoms with Gasteiger partial charge in [0.05, 0.1) is 32.9 Å². The van der Waals surface area contributed by atoms with Gasteiger partial charge in [-0.25, -0.2) is 13.8 Å². The number of imide groups is 1. The lowest BCUT2D eigenvalue weighted by atomic mass is 10.0. The first-order valence-corrected chi connectivity index (χ1v) is 14.4. The first kappa shape index (κ1) is 29.7. The van der Waals surface area contributed by atoms with Crippen molar-refractivity contribution in [3.05, 3.63) is 74.2 Å². The number of piperidine rings is 1. The number of benzene rings is 2. The molecule has 11 nitrogen and oxygen atoms in total. The fourth-order valence-corrected chi connectivity index (χ4v) is 5.92. The fourth-order valence-electron chi connectivity index (χ4n) is 5.77. The van der Waals surface area contributed by atoms with E-state index in [9.17, 15) is 28.3 Å². The highest BCUT2D eigenvalue weighted by molar-refractivity contribution is 6.30. The normalized spacial score (nSPS) is 16.5. The van der Waals surface area contributed by atoms with E-state index < -0.39 is 35.7 Å². The fraction of sp³-hybridized carbons (Fsp3) is 0.333. The Hall–Kier alpha value is -4.33. The molecule has 6 rings (SSSR count). The van der Waals surface area contributed by atoms with E-state index >= 15 is 0 Å². The summed E-state index contributed by atoms with van der Waals surface area (Å²) in [6, 6.07) is 5.01. The van der Waals surface area contributed by atoms with Crippen molar-refractivity contribution in [1.29, 1.82) is 0 Å². The molecule has 44 heavy (non-hydrogen) atoms. The monoisotopic (exact) mass is 626 g/mol. The van der Waals surface area contributed by atoms with Gasteiger partial charge >= 0.3 is 0 Å². The summed E-state index contributed by atoms with van der Waals surface area (Å²) in [6.07, 6.45) is 1.60. The van der Waals surface area contributed by atoms with Crippen LogP contribution in [0.4, 0.5) is 14.5 Å². The SMILES string of the molecule is Cc1c2c(cc3[nH]c(-c4c(NC[C@@H](O)COc5c(F)ccc(Cl)c5F)cc[nH]c4=O)nc13)C(=O)N(C1CCN(C)CC1)C2=O. The van der Waals surface area contributed by atoms with E-state index in [-0.39, 0.29) is 40.8 Å². The van der Waals surface area contributed by atoms with Gasteiger partial charge in [0.25, 0.3) is 17.4 Å². The third-order valence-corrected chi connectivity index (χ3v) is 8.39. The van der Waals surface area contributed by atoms with Crippen LogP contribution in [0.5, 0.6) is 5.75 Å². The maximum Gasteiger partial charge on any atom is 0.262 e. The lowest BCUT2D eigenvalue weighted by Crippen LogP contribution is -2.46. The number of nitrogens with zero attached hydrogens (tertiary/aromatic N) is 3. The predicted molar refractivity (Wildman–Crippen MR) is 159 cm³/mol. The number of hydrogen-bond donors (Lipinski definition) is 4. The number of aromatic nitrogens is 3. The average Bonchev–Trinajstić information content (AvgIpc) is 3.53. The van der Waals surface area contributed by atoms with Crippen molar-refractivity contribution in [3.8, 4) is 17.1 Å². The number of aliphatic hydroxyl groups is 1. The number of carbonyl (C=O) groups excluding carboxylic acids is 2.